The molecule has 0 fully saturated rings. The van der Waals surface area contributed by atoms with E-state index in [0.717, 1.165) is 16.8 Å². The molecule has 5 heteroatoms. The molecule has 0 radical (unpaired) electrons. The maximum absolute atomic E-state index is 12.0. The van der Waals surface area contributed by atoms with Crippen molar-refractivity contribution in [3.8, 4) is 0 Å². The molecule has 0 atom stereocenters. The third-order valence-electron chi connectivity index (χ3n) is 3.53. The molecule has 23 heavy (non-hydrogen) atoms. The fourth-order valence-corrected chi connectivity index (χ4v) is 2.39. The first-order valence-electron chi connectivity index (χ1n) is 7.09. The van der Waals surface area contributed by atoms with Gasteiger partial charge in [-0.2, -0.15) is 0 Å². The van der Waals surface area contributed by atoms with Crippen LogP contribution in [0, 0.1) is 0 Å². The largest absolute Gasteiger partial charge is 0.378 e. The Morgan fingerprint density at radius 3 is 2.30 bits per heavy atom. The zero-order valence-corrected chi connectivity index (χ0v) is 13.5. The molecule has 0 saturated heterocycles. The fourth-order valence-electron chi connectivity index (χ4n) is 2.26. The summed E-state index contributed by atoms with van der Waals surface area (Å²) in [5.41, 5.74) is 3.74. The number of carbonyl (C=O) groups excluding carboxylic acids is 1. The number of nitrogens with zero attached hydrogens (tertiary/aromatic N) is 2. The van der Waals surface area contributed by atoms with Crippen LogP contribution in [0.1, 0.15) is 11.1 Å². The van der Waals surface area contributed by atoms with Crippen LogP contribution in [-0.4, -0.2) is 25.8 Å². The molecule has 116 valence electrons. The van der Waals surface area contributed by atoms with Crippen molar-refractivity contribution in [2.45, 2.75) is 0 Å². The molecule has 2 aromatic carbocycles. The van der Waals surface area contributed by atoms with Crippen LogP contribution in [0.2, 0.25) is 5.02 Å². The number of hydrogen-bond acceptors (Lipinski definition) is 4. The van der Waals surface area contributed by atoms with E-state index >= 15 is 0 Å². The lowest BCUT2D eigenvalue weighted by molar-refractivity contribution is -0.136. The first kappa shape index (κ1) is 15.3. The zero-order valence-electron chi connectivity index (χ0n) is 12.8. The van der Waals surface area contributed by atoms with Gasteiger partial charge in [0, 0.05) is 30.4 Å². The summed E-state index contributed by atoms with van der Waals surface area (Å²) >= 11 is 5.90. The van der Waals surface area contributed by atoms with Crippen molar-refractivity contribution in [2.24, 2.45) is 5.16 Å². The predicted octanol–water partition coefficient (Wildman–Crippen LogP) is 3.75. The molecule has 2 aromatic rings. The van der Waals surface area contributed by atoms with E-state index in [1.807, 2.05) is 55.4 Å². The summed E-state index contributed by atoms with van der Waals surface area (Å²) in [7, 11) is 3.96. The number of anilines is 1. The zero-order chi connectivity index (χ0) is 16.4. The molecule has 1 aliphatic heterocycles. The van der Waals surface area contributed by atoms with Crippen LogP contribution < -0.4 is 4.90 Å². The van der Waals surface area contributed by atoms with E-state index in [-0.39, 0.29) is 0 Å². The lowest BCUT2D eigenvalue weighted by Crippen LogP contribution is -2.08. The van der Waals surface area contributed by atoms with E-state index in [4.69, 9.17) is 16.4 Å². The number of halogens is 1. The number of hydrogen-bond donors (Lipinski definition) is 0. The Bertz CT molecular complexity index is 791. The van der Waals surface area contributed by atoms with E-state index in [0.29, 0.717) is 16.3 Å². The summed E-state index contributed by atoms with van der Waals surface area (Å²) in [6.07, 6.45) is 1.78. The smallest absolute Gasteiger partial charge is 0.368 e. The van der Waals surface area contributed by atoms with Gasteiger partial charge in [-0.05, 0) is 35.9 Å². The topological polar surface area (TPSA) is 41.9 Å². The molecule has 1 aliphatic rings. The van der Waals surface area contributed by atoms with Gasteiger partial charge < -0.3 is 9.74 Å². The van der Waals surface area contributed by atoms with Gasteiger partial charge in [0.1, 0.15) is 5.71 Å². The van der Waals surface area contributed by atoms with Crippen molar-refractivity contribution in [3.63, 3.8) is 0 Å². The summed E-state index contributed by atoms with van der Waals surface area (Å²) in [4.78, 5) is 18.8. The number of carbonyl (C=O) groups is 1. The Morgan fingerprint density at radius 1 is 1.04 bits per heavy atom. The number of benzene rings is 2. The minimum Gasteiger partial charge on any atom is -0.378 e. The summed E-state index contributed by atoms with van der Waals surface area (Å²) in [6.45, 7) is 0. The van der Waals surface area contributed by atoms with Crippen molar-refractivity contribution < 1.29 is 9.63 Å². The van der Waals surface area contributed by atoms with Gasteiger partial charge in [-0.3, -0.25) is 0 Å². The maximum atomic E-state index is 12.0. The monoisotopic (exact) mass is 326 g/mol. The van der Waals surface area contributed by atoms with Crippen LogP contribution in [0.5, 0.6) is 0 Å². The molecule has 0 aromatic heterocycles. The highest BCUT2D eigenvalue weighted by Crippen LogP contribution is 2.23. The average molecular weight is 327 g/mol. The molecule has 0 N–H and O–H groups in total. The SMILES string of the molecule is CN(C)c1ccc(/C=C2/C(=O)ON=C2c2ccc(Cl)cc2)cc1. The standard InChI is InChI=1S/C18H15ClN2O2/c1-21(2)15-9-3-12(4-10-15)11-16-17(20-23-18(16)22)13-5-7-14(19)8-6-13/h3-11H,1-2H3/b16-11+. The van der Waals surface area contributed by atoms with Crippen molar-refractivity contribution >= 4 is 35.0 Å². The second-order valence-corrected chi connectivity index (χ2v) is 5.81. The van der Waals surface area contributed by atoms with Crippen molar-refractivity contribution in [1.29, 1.82) is 0 Å². The van der Waals surface area contributed by atoms with Crippen molar-refractivity contribution in [3.05, 3.63) is 70.3 Å². The Hall–Kier alpha value is -2.59. The van der Waals surface area contributed by atoms with Crippen molar-refractivity contribution in [1.82, 2.24) is 0 Å². The van der Waals surface area contributed by atoms with Gasteiger partial charge in [-0.25, -0.2) is 4.79 Å². The van der Waals surface area contributed by atoms with Crippen molar-refractivity contribution in [2.75, 3.05) is 19.0 Å². The summed E-state index contributed by atoms with van der Waals surface area (Å²) in [5.74, 6) is -0.452. The highest BCUT2D eigenvalue weighted by atomic mass is 35.5. The summed E-state index contributed by atoms with van der Waals surface area (Å²) in [5, 5.41) is 4.52. The Kier molecular flexibility index (Phi) is 4.17. The molecule has 0 unspecified atom stereocenters. The van der Waals surface area contributed by atoms with Gasteiger partial charge in [0.2, 0.25) is 0 Å². The Morgan fingerprint density at radius 2 is 1.70 bits per heavy atom. The molecular formula is C18H15ClN2O2. The Balaban J connectivity index is 1.94. The van der Waals surface area contributed by atoms with Crippen LogP contribution in [0.25, 0.3) is 6.08 Å². The van der Waals surface area contributed by atoms with Gasteiger partial charge in [0.25, 0.3) is 0 Å². The van der Waals surface area contributed by atoms with Gasteiger partial charge in [-0.1, -0.05) is 41.0 Å². The minimum absolute atomic E-state index is 0.435. The Labute approximate surface area is 139 Å². The van der Waals surface area contributed by atoms with Gasteiger partial charge >= 0.3 is 5.97 Å². The normalized spacial score (nSPS) is 15.5. The van der Waals surface area contributed by atoms with Crippen LogP contribution >= 0.6 is 11.6 Å². The minimum atomic E-state index is -0.452. The molecule has 4 nitrogen and oxygen atoms in total. The summed E-state index contributed by atoms with van der Waals surface area (Å²) < 4.78 is 0. The quantitative estimate of drug-likeness (QED) is 0.637. The highest BCUT2D eigenvalue weighted by Gasteiger charge is 2.26. The second-order valence-electron chi connectivity index (χ2n) is 5.37. The number of oxime groups is 1. The van der Waals surface area contributed by atoms with Crippen LogP contribution in [0.3, 0.4) is 0 Å². The molecule has 0 saturated carbocycles. The molecular weight excluding hydrogens is 312 g/mol. The van der Waals surface area contributed by atoms with E-state index in [1.54, 1.807) is 18.2 Å². The van der Waals surface area contributed by atoms with E-state index in [1.165, 1.54) is 0 Å². The molecule has 3 rings (SSSR count). The van der Waals surface area contributed by atoms with Crippen LogP contribution in [0.15, 0.2) is 59.3 Å². The van der Waals surface area contributed by atoms with Crippen LogP contribution in [0.4, 0.5) is 5.69 Å². The predicted molar refractivity (Wildman–Crippen MR) is 92.8 cm³/mol. The fraction of sp³-hybridized carbons (Fsp3) is 0.111. The van der Waals surface area contributed by atoms with Gasteiger partial charge in [-0.15, -0.1) is 0 Å². The molecule has 0 bridgehead atoms. The van der Waals surface area contributed by atoms with Crippen LogP contribution in [-0.2, 0) is 9.63 Å². The van der Waals surface area contributed by atoms with Gasteiger partial charge in [0.05, 0.1) is 5.57 Å². The molecule has 0 spiro atoms. The maximum Gasteiger partial charge on any atom is 0.368 e. The van der Waals surface area contributed by atoms with E-state index < -0.39 is 5.97 Å². The highest BCUT2D eigenvalue weighted by molar-refractivity contribution is 6.32. The molecule has 0 aliphatic carbocycles. The first-order valence-corrected chi connectivity index (χ1v) is 7.47. The summed E-state index contributed by atoms with van der Waals surface area (Å²) in [6, 6.07) is 15.0. The third kappa shape index (κ3) is 3.27. The number of rotatable bonds is 3. The lowest BCUT2D eigenvalue weighted by Gasteiger charge is -2.11. The molecule has 0 amide bonds. The average Bonchev–Trinajstić information content (AvgIpc) is 2.90. The molecule has 1 heterocycles. The van der Waals surface area contributed by atoms with E-state index in [9.17, 15) is 4.79 Å². The van der Waals surface area contributed by atoms with E-state index in [2.05, 4.69) is 5.16 Å². The first-order chi connectivity index (χ1) is 11.0. The second kappa shape index (κ2) is 6.26. The third-order valence-corrected chi connectivity index (χ3v) is 3.79. The lowest BCUT2D eigenvalue weighted by atomic mass is 10.0. The van der Waals surface area contributed by atoms with Gasteiger partial charge in [0.15, 0.2) is 0 Å².